The third-order valence-corrected chi connectivity index (χ3v) is 1.68. The van der Waals surface area contributed by atoms with Gasteiger partial charge in [-0.15, -0.1) is 0 Å². The van der Waals surface area contributed by atoms with Gasteiger partial charge in [-0.2, -0.15) is 0 Å². The molecule has 76 valence electrons. The van der Waals surface area contributed by atoms with Gasteiger partial charge in [0.1, 0.15) is 0 Å². The van der Waals surface area contributed by atoms with Crippen LogP contribution in [0, 0.1) is 4.77 Å². The van der Waals surface area contributed by atoms with Gasteiger partial charge in [0, 0.05) is 6.42 Å². The lowest BCUT2D eigenvalue weighted by Gasteiger charge is -2.00. The maximum atomic E-state index is 11.2. The minimum absolute atomic E-state index is 0.0583. The highest BCUT2D eigenvalue weighted by Crippen LogP contribution is 2.00. The second kappa shape index (κ2) is 4.71. The summed E-state index contributed by atoms with van der Waals surface area (Å²) >= 11 is 4.67. The molecule has 1 rings (SSSR count). The number of aromatic nitrogens is 2. The Balaban J connectivity index is 2.82. The van der Waals surface area contributed by atoms with Crippen molar-refractivity contribution in [1.29, 1.82) is 0 Å². The van der Waals surface area contributed by atoms with Crippen LogP contribution in [0.25, 0.3) is 0 Å². The quantitative estimate of drug-likeness (QED) is 0.584. The molecule has 1 heterocycles. The molecule has 0 bridgehead atoms. The molecule has 6 heteroatoms. The van der Waals surface area contributed by atoms with E-state index in [-0.39, 0.29) is 16.9 Å². The first-order chi connectivity index (χ1) is 6.63. The largest absolute Gasteiger partial charge is 0.419 e. The molecule has 0 aliphatic rings. The molecular weight excluding hydrogens is 204 g/mol. The average Bonchev–Trinajstić information content (AvgIpc) is 2.10. The van der Waals surface area contributed by atoms with E-state index in [1.165, 1.54) is 6.20 Å². The summed E-state index contributed by atoms with van der Waals surface area (Å²) in [6.45, 7) is 1.85. The van der Waals surface area contributed by atoms with Crippen molar-refractivity contribution in [2.75, 3.05) is 0 Å². The van der Waals surface area contributed by atoms with Gasteiger partial charge in [0.15, 0.2) is 4.77 Å². The van der Waals surface area contributed by atoms with Gasteiger partial charge in [-0.3, -0.25) is 14.6 Å². The molecule has 0 saturated heterocycles. The van der Waals surface area contributed by atoms with Crippen molar-refractivity contribution >= 4 is 18.2 Å². The minimum atomic E-state index is -0.502. The highest BCUT2D eigenvalue weighted by atomic mass is 32.1. The van der Waals surface area contributed by atoms with Crippen molar-refractivity contribution in [3.63, 3.8) is 0 Å². The molecule has 0 aliphatic carbocycles. The fraction of sp³-hybridized carbons (Fsp3) is 0.375. The Bertz CT molecular complexity index is 435. The van der Waals surface area contributed by atoms with E-state index in [1.807, 2.05) is 6.92 Å². The highest BCUT2D eigenvalue weighted by Gasteiger charge is 2.06. The van der Waals surface area contributed by atoms with E-state index in [1.54, 1.807) is 0 Å². The Hall–Kier alpha value is -1.43. The SMILES string of the molecule is CCCC(=O)Oc1c[nH]c(=S)[nH]c1=O. The number of nitrogens with one attached hydrogen (secondary N) is 2. The number of rotatable bonds is 3. The first-order valence-electron chi connectivity index (χ1n) is 4.16. The third-order valence-electron chi connectivity index (χ3n) is 1.46. The molecule has 0 spiro atoms. The molecule has 0 unspecified atom stereocenters. The normalized spacial score (nSPS) is 9.79. The van der Waals surface area contributed by atoms with Crippen LogP contribution in [0.15, 0.2) is 11.0 Å². The lowest BCUT2D eigenvalue weighted by molar-refractivity contribution is -0.134. The lowest BCUT2D eigenvalue weighted by atomic mass is 10.3. The molecule has 0 aliphatic heterocycles. The van der Waals surface area contributed by atoms with Gasteiger partial charge in [0.2, 0.25) is 5.75 Å². The number of ether oxygens (including phenoxy) is 1. The summed E-state index contributed by atoms with van der Waals surface area (Å²) in [5.74, 6) is -0.486. The van der Waals surface area contributed by atoms with Crippen LogP contribution in [-0.4, -0.2) is 15.9 Å². The van der Waals surface area contributed by atoms with Gasteiger partial charge in [-0.1, -0.05) is 6.92 Å². The smallest absolute Gasteiger partial charge is 0.311 e. The Morgan fingerprint density at radius 2 is 2.36 bits per heavy atom. The summed E-state index contributed by atoms with van der Waals surface area (Å²) in [5.41, 5.74) is -0.502. The van der Waals surface area contributed by atoms with Crippen molar-refractivity contribution in [3.8, 4) is 5.75 Å². The van der Waals surface area contributed by atoms with Crippen molar-refractivity contribution in [2.24, 2.45) is 0 Å². The first-order valence-corrected chi connectivity index (χ1v) is 4.57. The van der Waals surface area contributed by atoms with E-state index in [9.17, 15) is 9.59 Å². The molecule has 2 N–H and O–H groups in total. The zero-order valence-corrected chi connectivity index (χ0v) is 8.44. The van der Waals surface area contributed by atoms with Crippen molar-refractivity contribution in [3.05, 3.63) is 21.3 Å². The Kier molecular flexibility index (Phi) is 3.58. The maximum absolute atomic E-state index is 11.2. The Morgan fingerprint density at radius 1 is 1.64 bits per heavy atom. The van der Waals surface area contributed by atoms with E-state index >= 15 is 0 Å². The molecule has 14 heavy (non-hydrogen) atoms. The lowest BCUT2D eigenvalue weighted by Crippen LogP contribution is -2.16. The number of H-pyrrole nitrogens is 2. The predicted molar refractivity (Wildman–Crippen MR) is 52.8 cm³/mol. The number of hydrogen-bond donors (Lipinski definition) is 2. The first kappa shape index (κ1) is 10.6. The second-order valence-electron chi connectivity index (χ2n) is 2.66. The van der Waals surface area contributed by atoms with Gasteiger partial charge in [-0.25, -0.2) is 0 Å². The van der Waals surface area contributed by atoms with Gasteiger partial charge < -0.3 is 9.72 Å². The van der Waals surface area contributed by atoms with Crippen LogP contribution in [0.3, 0.4) is 0 Å². The fourth-order valence-electron chi connectivity index (χ4n) is 0.851. The molecule has 0 fully saturated rings. The predicted octanol–water partition coefficient (Wildman–Crippen LogP) is 1.14. The molecule has 0 atom stereocenters. The monoisotopic (exact) mass is 214 g/mol. The highest BCUT2D eigenvalue weighted by molar-refractivity contribution is 7.71. The van der Waals surface area contributed by atoms with Crippen molar-refractivity contribution in [1.82, 2.24) is 9.97 Å². The summed E-state index contributed by atoms with van der Waals surface area (Å²) < 4.78 is 4.98. The standard InChI is InChI=1S/C8H10N2O3S/c1-2-3-6(11)13-5-4-9-8(14)10-7(5)12/h4H,2-3H2,1H3,(H2,9,10,12,14). The van der Waals surface area contributed by atoms with E-state index in [0.29, 0.717) is 6.42 Å². The van der Waals surface area contributed by atoms with Gasteiger partial charge in [0.05, 0.1) is 6.20 Å². The van der Waals surface area contributed by atoms with Crippen molar-refractivity contribution < 1.29 is 9.53 Å². The van der Waals surface area contributed by atoms with E-state index < -0.39 is 11.5 Å². The van der Waals surface area contributed by atoms with Crippen LogP contribution in [0.1, 0.15) is 19.8 Å². The van der Waals surface area contributed by atoms with Crippen LogP contribution in [0.4, 0.5) is 0 Å². The number of aromatic amines is 2. The number of carbonyl (C=O) groups excluding carboxylic acids is 1. The Morgan fingerprint density at radius 3 is 2.93 bits per heavy atom. The van der Waals surface area contributed by atoms with Crippen LogP contribution in [0.2, 0.25) is 0 Å². The molecule has 5 nitrogen and oxygen atoms in total. The summed E-state index contributed by atoms with van der Waals surface area (Å²) in [7, 11) is 0. The number of carbonyl (C=O) groups is 1. The van der Waals surface area contributed by atoms with Crippen LogP contribution in [-0.2, 0) is 4.79 Å². The topological polar surface area (TPSA) is 75.0 Å². The van der Waals surface area contributed by atoms with E-state index in [4.69, 9.17) is 4.74 Å². The van der Waals surface area contributed by atoms with E-state index in [0.717, 1.165) is 0 Å². The molecule has 0 aromatic carbocycles. The average molecular weight is 214 g/mol. The fourth-order valence-corrected chi connectivity index (χ4v) is 1.00. The zero-order chi connectivity index (χ0) is 10.6. The van der Waals surface area contributed by atoms with Gasteiger partial charge in [0.25, 0.3) is 5.56 Å². The summed E-state index contributed by atoms with van der Waals surface area (Å²) in [5, 5.41) is 0. The molecular formula is C8H10N2O3S. The zero-order valence-electron chi connectivity index (χ0n) is 7.62. The van der Waals surface area contributed by atoms with Crippen LogP contribution >= 0.6 is 12.2 Å². The molecule has 1 aromatic rings. The number of hydrogen-bond acceptors (Lipinski definition) is 4. The van der Waals surface area contributed by atoms with E-state index in [2.05, 4.69) is 22.2 Å². The number of esters is 1. The van der Waals surface area contributed by atoms with Crippen LogP contribution in [0.5, 0.6) is 5.75 Å². The third kappa shape index (κ3) is 2.81. The Labute approximate surface area is 85.1 Å². The summed E-state index contributed by atoms with van der Waals surface area (Å²) in [6, 6.07) is 0. The molecule has 0 radical (unpaired) electrons. The second-order valence-corrected chi connectivity index (χ2v) is 3.07. The molecule has 1 aromatic heterocycles. The van der Waals surface area contributed by atoms with Crippen LogP contribution < -0.4 is 10.3 Å². The molecule has 0 amide bonds. The summed E-state index contributed by atoms with van der Waals surface area (Å²) in [6.07, 6.45) is 2.24. The van der Waals surface area contributed by atoms with Crippen molar-refractivity contribution in [2.45, 2.75) is 19.8 Å². The summed E-state index contributed by atoms with van der Waals surface area (Å²) in [4.78, 5) is 27.1. The molecule has 0 saturated carbocycles. The van der Waals surface area contributed by atoms with Gasteiger partial charge in [-0.05, 0) is 18.6 Å². The van der Waals surface area contributed by atoms with Gasteiger partial charge >= 0.3 is 5.97 Å². The minimum Gasteiger partial charge on any atom is -0.419 e. The maximum Gasteiger partial charge on any atom is 0.311 e.